The molecule has 0 bridgehead atoms. The van der Waals surface area contributed by atoms with Crippen LogP contribution in [0, 0.1) is 0 Å². The minimum Gasteiger partial charge on any atom is -0.316 e. The van der Waals surface area contributed by atoms with E-state index < -0.39 is 0 Å². The predicted octanol–water partition coefficient (Wildman–Crippen LogP) is 3.19. The smallest absolute Gasteiger partial charge is 0.00203 e. The minimum atomic E-state index is 0.673. The van der Waals surface area contributed by atoms with E-state index >= 15 is 0 Å². The van der Waals surface area contributed by atoms with Gasteiger partial charge in [0.15, 0.2) is 0 Å². The van der Waals surface area contributed by atoms with Crippen molar-refractivity contribution < 1.29 is 0 Å². The Bertz CT molecular complexity index is 348. The average molecular weight is 201 g/mol. The van der Waals surface area contributed by atoms with Gasteiger partial charge < -0.3 is 5.32 Å². The van der Waals surface area contributed by atoms with Crippen molar-refractivity contribution in [2.45, 2.75) is 25.7 Å². The maximum atomic E-state index is 4.06. The minimum absolute atomic E-state index is 0.673. The lowest BCUT2D eigenvalue weighted by Gasteiger charge is -2.25. The van der Waals surface area contributed by atoms with Gasteiger partial charge in [0.1, 0.15) is 0 Å². The highest BCUT2D eigenvalue weighted by atomic mass is 14.9. The molecule has 1 aromatic rings. The molecule has 1 heterocycles. The summed E-state index contributed by atoms with van der Waals surface area (Å²) < 4.78 is 0. The van der Waals surface area contributed by atoms with Gasteiger partial charge in [0.2, 0.25) is 0 Å². The third-order valence-corrected chi connectivity index (χ3v) is 3.16. The zero-order valence-corrected chi connectivity index (χ0v) is 9.42. The molecule has 1 saturated heterocycles. The molecule has 0 aromatic heterocycles. The largest absolute Gasteiger partial charge is 0.316 e. The third kappa shape index (κ3) is 2.29. The summed E-state index contributed by atoms with van der Waals surface area (Å²) in [6, 6.07) is 8.67. The van der Waals surface area contributed by atoms with Crippen LogP contribution in [0.15, 0.2) is 30.8 Å². The Labute approximate surface area is 92.2 Å². The summed E-state index contributed by atoms with van der Waals surface area (Å²) in [7, 11) is 0. The molecule has 1 nitrogen and oxygen atoms in total. The fourth-order valence-electron chi connectivity index (χ4n) is 2.36. The van der Waals surface area contributed by atoms with Gasteiger partial charge in [0.05, 0.1) is 0 Å². The highest BCUT2D eigenvalue weighted by molar-refractivity contribution is 5.65. The van der Waals surface area contributed by atoms with Crippen LogP contribution in [0.1, 0.15) is 36.8 Å². The lowest BCUT2D eigenvalue weighted by Crippen LogP contribution is -2.28. The lowest BCUT2D eigenvalue weighted by atomic mass is 9.87. The van der Waals surface area contributed by atoms with Gasteiger partial charge in [0.25, 0.3) is 0 Å². The number of nitrogens with one attached hydrogen (secondary N) is 1. The van der Waals surface area contributed by atoms with E-state index in [2.05, 4.69) is 43.1 Å². The fourth-order valence-corrected chi connectivity index (χ4v) is 2.36. The number of piperidine rings is 1. The first kappa shape index (κ1) is 10.4. The monoisotopic (exact) mass is 201 g/mol. The van der Waals surface area contributed by atoms with Crippen molar-refractivity contribution in [3.05, 3.63) is 42.0 Å². The van der Waals surface area contributed by atoms with Gasteiger partial charge in [-0.2, -0.15) is 0 Å². The van der Waals surface area contributed by atoms with E-state index in [1.54, 1.807) is 0 Å². The molecule has 1 heteroatoms. The van der Waals surface area contributed by atoms with Gasteiger partial charge in [-0.25, -0.2) is 0 Å². The molecule has 1 atom stereocenters. The highest BCUT2D eigenvalue weighted by Crippen LogP contribution is 2.29. The number of hydrogen-bond acceptors (Lipinski definition) is 1. The molecule has 1 N–H and O–H groups in total. The van der Waals surface area contributed by atoms with Crippen LogP contribution in [0.2, 0.25) is 0 Å². The molecule has 1 fully saturated rings. The second-order valence-corrected chi connectivity index (χ2v) is 4.41. The van der Waals surface area contributed by atoms with E-state index in [1.807, 2.05) is 0 Å². The number of benzene rings is 1. The Kier molecular flexibility index (Phi) is 3.22. The summed E-state index contributed by atoms with van der Waals surface area (Å²) >= 11 is 0. The summed E-state index contributed by atoms with van der Waals surface area (Å²) in [6.07, 6.45) is 2.59. The molecule has 0 saturated carbocycles. The van der Waals surface area contributed by atoms with Crippen LogP contribution in [0.3, 0.4) is 0 Å². The Hall–Kier alpha value is -1.08. The van der Waals surface area contributed by atoms with Gasteiger partial charge in [-0.1, -0.05) is 36.4 Å². The highest BCUT2D eigenvalue weighted by Gasteiger charge is 2.17. The van der Waals surface area contributed by atoms with E-state index in [-0.39, 0.29) is 0 Å². The molecule has 0 spiro atoms. The Morgan fingerprint density at radius 1 is 1.40 bits per heavy atom. The molecule has 1 unspecified atom stereocenters. The summed E-state index contributed by atoms with van der Waals surface area (Å²) in [4.78, 5) is 0. The lowest BCUT2D eigenvalue weighted by molar-refractivity contribution is 0.461. The first-order chi connectivity index (χ1) is 7.29. The van der Waals surface area contributed by atoms with Crippen molar-refractivity contribution >= 4 is 5.57 Å². The SMILES string of the molecule is C=C(C)c1ccccc1C1CCCNC1. The normalized spacial score (nSPS) is 21.3. The van der Waals surface area contributed by atoms with E-state index in [1.165, 1.54) is 36.1 Å². The topological polar surface area (TPSA) is 12.0 Å². The predicted molar refractivity (Wildman–Crippen MR) is 66.0 cm³/mol. The molecular weight excluding hydrogens is 182 g/mol. The fraction of sp³-hybridized carbons (Fsp3) is 0.429. The van der Waals surface area contributed by atoms with E-state index in [0.717, 1.165) is 6.54 Å². The number of hydrogen-bond donors (Lipinski definition) is 1. The summed E-state index contributed by atoms with van der Waals surface area (Å²) in [6.45, 7) is 8.44. The zero-order chi connectivity index (χ0) is 10.7. The van der Waals surface area contributed by atoms with Crippen LogP contribution in [-0.2, 0) is 0 Å². The van der Waals surface area contributed by atoms with Crippen molar-refractivity contribution in [3.63, 3.8) is 0 Å². The molecule has 0 radical (unpaired) electrons. The molecular formula is C14H19N. The maximum absolute atomic E-state index is 4.06. The molecule has 1 aromatic carbocycles. The molecule has 0 aliphatic carbocycles. The summed E-state index contributed by atoms with van der Waals surface area (Å²) in [5, 5.41) is 3.47. The van der Waals surface area contributed by atoms with Crippen molar-refractivity contribution in [1.82, 2.24) is 5.32 Å². The van der Waals surface area contributed by atoms with Crippen LogP contribution < -0.4 is 5.32 Å². The molecule has 2 rings (SSSR count). The van der Waals surface area contributed by atoms with E-state index in [0.29, 0.717) is 5.92 Å². The van der Waals surface area contributed by atoms with Gasteiger partial charge in [-0.05, 0) is 43.4 Å². The van der Waals surface area contributed by atoms with Crippen molar-refractivity contribution in [2.24, 2.45) is 0 Å². The van der Waals surface area contributed by atoms with E-state index in [9.17, 15) is 0 Å². The number of rotatable bonds is 2. The Morgan fingerprint density at radius 3 is 2.87 bits per heavy atom. The van der Waals surface area contributed by atoms with Crippen LogP contribution in [0.5, 0.6) is 0 Å². The molecule has 0 amide bonds. The Morgan fingerprint density at radius 2 is 2.20 bits per heavy atom. The third-order valence-electron chi connectivity index (χ3n) is 3.16. The van der Waals surface area contributed by atoms with Crippen molar-refractivity contribution in [1.29, 1.82) is 0 Å². The summed E-state index contributed by atoms with van der Waals surface area (Å²) in [5.74, 6) is 0.673. The second-order valence-electron chi connectivity index (χ2n) is 4.41. The van der Waals surface area contributed by atoms with Crippen LogP contribution in [0.4, 0.5) is 0 Å². The molecule has 15 heavy (non-hydrogen) atoms. The van der Waals surface area contributed by atoms with E-state index in [4.69, 9.17) is 0 Å². The van der Waals surface area contributed by atoms with Gasteiger partial charge in [0, 0.05) is 6.54 Å². The van der Waals surface area contributed by atoms with Gasteiger partial charge in [-0.3, -0.25) is 0 Å². The van der Waals surface area contributed by atoms with Crippen LogP contribution >= 0.6 is 0 Å². The quantitative estimate of drug-likeness (QED) is 0.775. The number of allylic oxidation sites excluding steroid dienone is 1. The molecule has 1 aliphatic rings. The summed E-state index contributed by atoms with van der Waals surface area (Å²) in [5.41, 5.74) is 3.99. The first-order valence-electron chi connectivity index (χ1n) is 5.74. The van der Waals surface area contributed by atoms with Crippen LogP contribution in [-0.4, -0.2) is 13.1 Å². The Balaban J connectivity index is 2.29. The zero-order valence-electron chi connectivity index (χ0n) is 9.42. The standard InChI is InChI=1S/C14H19N/c1-11(2)13-7-3-4-8-14(13)12-6-5-9-15-10-12/h3-4,7-8,12,15H,1,5-6,9-10H2,2H3. The van der Waals surface area contributed by atoms with Crippen molar-refractivity contribution in [2.75, 3.05) is 13.1 Å². The van der Waals surface area contributed by atoms with Crippen molar-refractivity contribution in [3.8, 4) is 0 Å². The van der Waals surface area contributed by atoms with Gasteiger partial charge >= 0.3 is 0 Å². The van der Waals surface area contributed by atoms with Gasteiger partial charge in [-0.15, -0.1) is 0 Å². The first-order valence-corrected chi connectivity index (χ1v) is 5.74. The van der Waals surface area contributed by atoms with Crippen LogP contribution in [0.25, 0.3) is 5.57 Å². The molecule has 1 aliphatic heterocycles. The maximum Gasteiger partial charge on any atom is 0.00203 e. The average Bonchev–Trinajstić information content (AvgIpc) is 2.30. The second kappa shape index (κ2) is 4.63. The molecule has 80 valence electrons.